The molecule has 43 heavy (non-hydrogen) atoms. The Bertz CT molecular complexity index is 1500. The van der Waals surface area contributed by atoms with Crippen LogP contribution in [0.3, 0.4) is 0 Å². The number of carbonyl (C=O) groups is 4. The molecule has 1 aliphatic rings. The van der Waals surface area contributed by atoms with Gasteiger partial charge in [0.25, 0.3) is 5.91 Å². The first kappa shape index (κ1) is 31.2. The van der Waals surface area contributed by atoms with Crippen LogP contribution in [-0.4, -0.2) is 62.2 Å². The van der Waals surface area contributed by atoms with Crippen molar-refractivity contribution in [3.05, 3.63) is 83.4 Å². The third kappa shape index (κ3) is 7.39. The minimum Gasteiger partial charge on any atom is -0.478 e. The molecule has 10 nitrogen and oxygen atoms in total. The summed E-state index contributed by atoms with van der Waals surface area (Å²) in [4.78, 5) is 52.5. The topological polar surface area (TPSA) is 125 Å². The Balaban J connectivity index is 1.50. The van der Waals surface area contributed by atoms with E-state index in [4.69, 9.17) is 4.74 Å². The molecule has 3 N–H and O–H groups in total. The van der Waals surface area contributed by atoms with E-state index in [-0.39, 0.29) is 41.1 Å². The molecule has 1 saturated carbocycles. The summed E-state index contributed by atoms with van der Waals surface area (Å²) in [5, 5.41) is 14.4. The molecule has 3 aromatic carbocycles. The van der Waals surface area contributed by atoms with Crippen LogP contribution in [-0.2, 0) is 9.59 Å². The highest BCUT2D eigenvalue weighted by atomic mass is 16.5. The summed E-state index contributed by atoms with van der Waals surface area (Å²) < 4.78 is 6.00. The van der Waals surface area contributed by atoms with Crippen LogP contribution in [0.2, 0.25) is 0 Å². The first-order valence-corrected chi connectivity index (χ1v) is 14.3. The van der Waals surface area contributed by atoms with Gasteiger partial charge in [0.15, 0.2) is 18.0 Å². The maximum absolute atomic E-state index is 13.9. The number of nitrogens with zero attached hydrogens (tertiary/aromatic N) is 2. The zero-order chi connectivity index (χ0) is 31.1. The number of benzene rings is 3. The number of likely N-dealkylation sites (N-methyl/N-ethyl adjacent to an activating group) is 2. The number of carboxylic acids is 1. The predicted molar refractivity (Wildman–Crippen MR) is 167 cm³/mol. The SMILES string of the molecule is Cc1cc(C)cc(N(C)C(=O)COc2ccccc2[N+](C)(C(=O)CNC(=O)Nc2cccc(C(=O)O)c2)C2CCCC2)c1. The number of hydrogen-bond acceptors (Lipinski definition) is 5. The normalized spacial score (nSPS) is 14.4. The van der Waals surface area contributed by atoms with Crippen LogP contribution >= 0.6 is 0 Å². The van der Waals surface area contributed by atoms with E-state index in [0.717, 1.165) is 42.5 Å². The van der Waals surface area contributed by atoms with Crippen molar-refractivity contribution < 1.29 is 29.0 Å². The lowest BCUT2D eigenvalue weighted by Crippen LogP contribution is -2.60. The van der Waals surface area contributed by atoms with E-state index in [1.165, 1.54) is 18.2 Å². The quantitative estimate of drug-likeness (QED) is 0.278. The van der Waals surface area contributed by atoms with Gasteiger partial charge in [-0.2, -0.15) is 0 Å². The Morgan fingerprint density at radius 2 is 1.63 bits per heavy atom. The number of nitrogens with one attached hydrogen (secondary N) is 2. The van der Waals surface area contributed by atoms with E-state index in [2.05, 4.69) is 10.6 Å². The van der Waals surface area contributed by atoms with Gasteiger partial charge in [-0.1, -0.05) is 24.3 Å². The highest BCUT2D eigenvalue weighted by Gasteiger charge is 2.45. The fourth-order valence-electron chi connectivity index (χ4n) is 5.67. The Morgan fingerprint density at radius 3 is 2.30 bits per heavy atom. The molecule has 1 atom stereocenters. The number of carboxylic acid groups (broad SMARTS) is 1. The van der Waals surface area contributed by atoms with Crippen LogP contribution in [0, 0.1) is 13.8 Å². The smallest absolute Gasteiger partial charge is 0.338 e. The first-order valence-electron chi connectivity index (χ1n) is 14.3. The van der Waals surface area contributed by atoms with Crippen LogP contribution in [0.1, 0.15) is 47.2 Å². The molecule has 0 bridgehead atoms. The number of para-hydroxylation sites is 2. The van der Waals surface area contributed by atoms with Gasteiger partial charge in [0, 0.05) is 37.3 Å². The van der Waals surface area contributed by atoms with Gasteiger partial charge >= 0.3 is 17.9 Å². The zero-order valence-electron chi connectivity index (χ0n) is 25.1. The van der Waals surface area contributed by atoms with E-state index in [9.17, 15) is 24.3 Å². The molecule has 0 saturated heterocycles. The van der Waals surface area contributed by atoms with Crippen molar-refractivity contribution in [1.29, 1.82) is 0 Å². The average molecular weight is 588 g/mol. The molecule has 1 aliphatic carbocycles. The van der Waals surface area contributed by atoms with Gasteiger partial charge in [-0.15, -0.1) is 0 Å². The second kappa shape index (κ2) is 13.5. The molecular weight excluding hydrogens is 548 g/mol. The summed E-state index contributed by atoms with van der Waals surface area (Å²) in [5.74, 6) is -1.15. The van der Waals surface area contributed by atoms with Gasteiger partial charge in [0.2, 0.25) is 0 Å². The molecule has 3 aromatic rings. The highest BCUT2D eigenvalue weighted by molar-refractivity contribution is 5.98. The van der Waals surface area contributed by atoms with Gasteiger partial charge in [-0.3, -0.25) is 4.79 Å². The number of rotatable bonds is 10. The lowest BCUT2D eigenvalue weighted by molar-refractivity contribution is -0.130. The summed E-state index contributed by atoms with van der Waals surface area (Å²) in [5.41, 5.74) is 3.85. The molecule has 0 aliphatic heterocycles. The maximum Gasteiger partial charge on any atom is 0.338 e. The van der Waals surface area contributed by atoms with E-state index in [1.807, 2.05) is 51.2 Å². The molecule has 0 spiro atoms. The number of carbonyl (C=O) groups excluding carboxylic acids is 3. The van der Waals surface area contributed by atoms with E-state index >= 15 is 0 Å². The van der Waals surface area contributed by atoms with Crippen LogP contribution in [0.4, 0.5) is 21.9 Å². The Morgan fingerprint density at radius 1 is 0.953 bits per heavy atom. The number of quaternary nitrogens is 1. The molecule has 0 heterocycles. The van der Waals surface area contributed by atoms with Crippen molar-refractivity contribution in [2.45, 2.75) is 45.6 Å². The minimum atomic E-state index is -1.11. The van der Waals surface area contributed by atoms with Gasteiger partial charge < -0.3 is 25.4 Å². The number of urea groups is 1. The number of aromatic carboxylic acids is 1. The van der Waals surface area contributed by atoms with Crippen molar-refractivity contribution in [1.82, 2.24) is 9.80 Å². The van der Waals surface area contributed by atoms with Gasteiger partial charge in [0.1, 0.15) is 12.6 Å². The second-order valence-corrected chi connectivity index (χ2v) is 11.2. The van der Waals surface area contributed by atoms with Gasteiger partial charge in [-0.05, 0) is 74.2 Å². The molecule has 10 heteroatoms. The molecule has 226 valence electrons. The summed E-state index contributed by atoms with van der Waals surface area (Å²) in [6, 6.07) is 18.4. The lowest BCUT2D eigenvalue weighted by Gasteiger charge is -2.37. The van der Waals surface area contributed by atoms with Crippen molar-refractivity contribution in [2.24, 2.45) is 0 Å². The molecular formula is C33H39N4O6+. The number of ether oxygens (including phenoxy) is 1. The third-order valence-electron chi connectivity index (χ3n) is 8.03. The number of anilines is 2. The molecule has 4 rings (SSSR count). The minimum absolute atomic E-state index is 0.0250. The van der Waals surface area contributed by atoms with Crippen molar-refractivity contribution in [3.8, 4) is 5.75 Å². The summed E-state index contributed by atoms with van der Waals surface area (Å²) >= 11 is 0. The largest absolute Gasteiger partial charge is 0.478 e. The van der Waals surface area contributed by atoms with Crippen LogP contribution in [0.25, 0.3) is 0 Å². The average Bonchev–Trinajstić information content (AvgIpc) is 3.53. The summed E-state index contributed by atoms with van der Waals surface area (Å²) in [7, 11) is 3.54. The number of hydrogen-bond donors (Lipinski definition) is 3. The standard InChI is InChI=1S/C33H38N4O6/c1-22-16-23(2)18-26(17-22)36(3)30(38)21-43-29-15-8-7-14-28(29)37(4,27-12-5-6-13-27)31(39)20-34-33(42)35-25-11-9-10-24(19-25)32(40)41/h7-11,14-19,27H,5-6,12-13,20-21H2,1-4H3,(H2-,34,35,40,41,42)/p+1. The molecule has 4 amide bonds. The number of amides is 4. The maximum atomic E-state index is 13.9. The molecule has 1 fully saturated rings. The second-order valence-electron chi connectivity index (χ2n) is 11.2. The van der Waals surface area contributed by atoms with E-state index in [1.54, 1.807) is 30.1 Å². The predicted octanol–water partition coefficient (Wildman–Crippen LogP) is 5.27. The summed E-state index contributed by atoms with van der Waals surface area (Å²) in [6.07, 6.45) is 3.64. The van der Waals surface area contributed by atoms with Crippen molar-refractivity contribution in [2.75, 3.05) is 37.5 Å². The Kier molecular flexibility index (Phi) is 9.82. The Hall–Kier alpha value is -4.70. The third-order valence-corrected chi connectivity index (χ3v) is 8.03. The molecule has 0 aromatic heterocycles. The first-order chi connectivity index (χ1) is 20.5. The van der Waals surface area contributed by atoms with Crippen LogP contribution in [0.15, 0.2) is 66.7 Å². The van der Waals surface area contributed by atoms with Gasteiger partial charge in [-0.25, -0.2) is 18.9 Å². The van der Waals surface area contributed by atoms with Crippen molar-refractivity contribution >= 4 is 40.9 Å². The number of aryl methyl sites for hydroxylation is 2. The zero-order valence-corrected chi connectivity index (χ0v) is 25.1. The monoisotopic (exact) mass is 587 g/mol. The van der Waals surface area contributed by atoms with E-state index in [0.29, 0.717) is 17.1 Å². The van der Waals surface area contributed by atoms with Crippen LogP contribution < -0.4 is 24.8 Å². The Labute approximate surface area is 251 Å². The molecule has 1 unspecified atom stereocenters. The molecule has 0 radical (unpaired) electrons. The van der Waals surface area contributed by atoms with Gasteiger partial charge in [0.05, 0.1) is 12.6 Å². The fraction of sp³-hybridized carbons (Fsp3) is 0.333. The fourth-order valence-corrected chi connectivity index (χ4v) is 5.67. The van der Waals surface area contributed by atoms with Crippen molar-refractivity contribution in [3.63, 3.8) is 0 Å². The van der Waals surface area contributed by atoms with Crippen LogP contribution in [0.5, 0.6) is 5.75 Å². The lowest BCUT2D eigenvalue weighted by atomic mass is 10.1. The highest BCUT2D eigenvalue weighted by Crippen LogP contribution is 2.39. The van der Waals surface area contributed by atoms with E-state index < -0.39 is 12.0 Å². The summed E-state index contributed by atoms with van der Waals surface area (Å²) in [6.45, 7) is 3.49.